The molecule has 0 atom stereocenters. The molecule has 0 aromatic heterocycles. The molecule has 0 aliphatic heterocycles. The molecule has 0 unspecified atom stereocenters. The number of hydrogen-bond donors (Lipinski definition) is 1. The number of rotatable bonds is 2. The van der Waals surface area contributed by atoms with Gasteiger partial charge in [0.15, 0.2) is 0 Å². The lowest BCUT2D eigenvalue weighted by Gasteiger charge is -2.32. The Labute approximate surface area is 120 Å². The Morgan fingerprint density at radius 3 is 1.47 bits per heavy atom. The summed E-state index contributed by atoms with van der Waals surface area (Å²) in [4.78, 5) is 0. The summed E-state index contributed by atoms with van der Waals surface area (Å²) >= 11 is 6.09. The van der Waals surface area contributed by atoms with Crippen LogP contribution in [0, 0.1) is 0 Å². The minimum Gasteiger partial charge on any atom is -0.369 e. The van der Waals surface area contributed by atoms with Crippen molar-refractivity contribution in [3.05, 3.63) is 35.4 Å². The summed E-state index contributed by atoms with van der Waals surface area (Å²) in [5.41, 5.74) is -5.75. The van der Waals surface area contributed by atoms with Crippen molar-refractivity contribution in [3.63, 3.8) is 0 Å². The topological polar surface area (TPSA) is 20.2 Å². The Bertz CT molecular complexity index is 423. The lowest BCUT2D eigenvalue weighted by molar-refractivity contribution is -0.376. The smallest absolute Gasteiger partial charge is 0.369 e. The average molecular weight is 416 g/mol. The molecule has 0 saturated heterocycles. The first-order valence-corrected chi connectivity index (χ1v) is 6.49. The molecule has 1 nitrogen and oxygen atoms in total. The molecule has 0 saturated carbocycles. The Balaban J connectivity index is 3.36. The summed E-state index contributed by atoms with van der Waals surface area (Å²) in [7, 11) is 0. The highest BCUT2D eigenvalue weighted by Crippen LogP contribution is 2.50. The van der Waals surface area contributed by atoms with Crippen molar-refractivity contribution in [2.24, 2.45) is 0 Å². The summed E-state index contributed by atoms with van der Waals surface area (Å²) in [5.74, 6) is 0. The molecule has 0 aliphatic carbocycles. The number of aliphatic hydroxyl groups is 1. The predicted molar refractivity (Wildman–Crippen MR) is 63.0 cm³/mol. The van der Waals surface area contributed by atoms with Gasteiger partial charge in [-0.25, -0.2) is 0 Å². The molecule has 1 rings (SSSR count). The molecular formula is C10H6Br2F6O. The molecule has 0 bridgehead atoms. The lowest BCUT2D eigenvalue weighted by Crippen LogP contribution is -2.53. The third-order valence-corrected chi connectivity index (χ3v) is 3.46. The molecule has 1 N–H and O–H groups in total. The molecule has 1 aromatic rings. The van der Waals surface area contributed by atoms with Crippen LogP contribution in [0.25, 0.3) is 0 Å². The van der Waals surface area contributed by atoms with Crippen LogP contribution < -0.4 is 0 Å². The van der Waals surface area contributed by atoms with E-state index in [-0.39, 0.29) is 0 Å². The van der Waals surface area contributed by atoms with Crippen LogP contribution in [0.2, 0.25) is 0 Å². The SMILES string of the molecule is OC(c1ccc(C(Br)Br)cc1)(C(F)(F)F)C(F)(F)F. The molecule has 1 aromatic carbocycles. The van der Waals surface area contributed by atoms with Crippen molar-refractivity contribution in [2.75, 3.05) is 0 Å². The quantitative estimate of drug-likeness (QED) is 0.544. The standard InChI is InChI=1S/C10H6Br2F6O/c11-7(12)5-1-3-6(4-2-5)8(19,9(13,14)15)10(16,17)18/h1-4,7,19H. The van der Waals surface area contributed by atoms with Gasteiger partial charge in [0.05, 0.1) is 3.74 Å². The Morgan fingerprint density at radius 2 is 1.21 bits per heavy atom. The van der Waals surface area contributed by atoms with E-state index in [2.05, 4.69) is 31.9 Å². The molecule has 0 spiro atoms. The van der Waals surface area contributed by atoms with Gasteiger partial charge in [-0.05, 0) is 5.56 Å². The van der Waals surface area contributed by atoms with E-state index in [0.29, 0.717) is 17.7 Å². The number of halogens is 8. The molecular weight excluding hydrogens is 410 g/mol. The van der Waals surface area contributed by atoms with Gasteiger partial charge in [-0.15, -0.1) is 0 Å². The zero-order chi connectivity index (χ0) is 15.1. The summed E-state index contributed by atoms with van der Waals surface area (Å²) in [6, 6.07) is 3.27. The van der Waals surface area contributed by atoms with Gasteiger partial charge < -0.3 is 5.11 Å². The maximum absolute atomic E-state index is 12.6. The Morgan fingerprint density at radius 1 is 0.842 bits per heavy atom. The summed E-state index contributed by atoms with van der Waals surface area (Å²) < 4.78 is 74.9. The van der Waals surface area contributed by atoms with Crippen LogP contribution in [0.5, 0.6) is 0 Å². The van der Waals surface area contributed by atoms with Crippen LogP contribution in [-0.4, -0.2) is 17.5 Å². The van der Waals surface area contributed by atoms with E-state index >= 15 is 0 Å². The Hall–Kier alpha value is -0.280. The van der Waals surface area contributed by atoms with E-state index in [4.69, 9.17) is 5.11 Å². The highest BCUT2D eigenvalue weighted by Gasteiger charge is 2.71. The first-order valence-electron chi connectivity index (χ1n) is 4.65. The molecule has 0 radical (unpaired) electrons. The van der Waals surface area contributed by atoms with Crippen molar-refractivity contribution in [2.45, 2.75) is 21.7 Å². The minimum absolute atomic E-state index is 0.412. The van der Waals surface area contributed by atoms with Crippen molar-refractivity contribution in [3.8, 4) is 0 Å². The van der Waals surface area contributed by atoms with Crippen LogP contribution in [-0.2, 0) is 5.60 Å². The predicted octanol–water partition coefficient (Wildman–Crippen LogP) is 4.79. The van der Waals surface area contributed by atoms with Crippen molar-refractivity contribution in [1.82, 2.24) is 0 Å². The van der Waals surface area contributed by atoms with Gasteiger partial charge in [0.25, 0.3) is 5.60 Å². The first-order chi connectivity index (χ1) is 8.41. The van der Waals surface area contributed by atoms with Gasteiger partial charge in [0.2, 0.25) is 0 Å². The summed E-state index contributed by atoms with van der Waals surface area (Å²) in [6.07, 6.45) is -11.7. The van der Waals surface area contributed by atoms with Gasteiger partial charge in [-0.1, -0.05) is 56.1 Å². The second kappa shape index (κ2) is 5.25. The van der Waals surface area contributed by atoms with Crippen LogP contribution in [0.4, 0.5) is 26.3 Å². The largest absolute Gasteiger partial charge is 0.430 e. The van der Waals surface area contributed by atoms with Gasteiger partial charge in [0.1, 0.15) is 0 Å². The Kier molecular flexibility index (Phi) is 4.63. The molecule has 0 amide bonds. The van der Waals surface area contributed by atoms with Gasteiger partial charge >= 0.3 is 12.4 Å². The van der Waals surface area contributed by atoms with Gasteiger partial charge in [0, 0.05) is 5.56 Å². The zero-order valence-electron chi connectivity index (χ0n) is 8.86. The van der Waals surface area contributed by atoms with E-state index in [1.54, 1.807) is 0 Å². The fourth-order valence-electron chi connectivity index (χ4n) is 1.36. The average Bonchev–Trinajstić information content (AvgIpc) is 2.25. The number of hydrogen-bond acceptors (Lipinski definition) is 1. The second-order valence-electron chi connectivity index (χ2n) is 3.63. The molecule has 108 valence electrons. The van der Waals surface area contributed by atoms with Crippen molar-refractivity contribution >= 4 is 31.9 Å². The fourth-order valence-corrected chi connectivity index (χ4v) is 1.97. The molecule has 9 heteroatoms. The molecule has 0 fully saturated rings. The first kappa shape index (κ1) is 16.8. The third-order valence-electron chi connectivity index (χ3n) is 2.40. The molecule has 19 heavy (non-hydrogen) atoms. The van der Waals surface area contributed by atoms with E-state index in [0.717, 1.165) is 12.1 Å². The number of alkyl halides is 8. The van der Waals surface area contributed by atoms with Crippen molar-refractivity contribution in [1.29, 1.82) is 0 Å². The van der Waals surface area contributed by atoms with Crippen LogP contribution >= 0.6 is 31.9 Å². The van der Waals surface area contributed by atoms with E-state index < -0.39 is 27.3 Å². The van der Waals surface area contributed by atoms with Crippen LogP contribution in [0.15, 0.2) is 24.3 Å². The zero-order valence-corrected chi connectivity index (χ0v) is 12.0. The van der Waals surface area contributed by atoms with E-state index in [9.17, 15) is 26.3 Å². The van der Waals surface area contributed by atoms with Crippen LogP contribution in [0.1, 0.15) is 14.9 Å². The third kappa shape index (κ3) is 3.08. The highest BCUT2D eigenvalue weighted by molar-refractivity contribution is 9.24. The second-order valence-corrected chi connectivity index (χ2v) is 6.69. The number of benzene rings is 1. The lowest BCUT2D eigenvalue weighted by atomic mass is 9.92. The fraction of sp³-hybridized carbons (Fsp3) is 0.400. The van der Waals surface area contributed by atoms with Crippen molar-refractivity contribution < 1.29 is 31.4 Å². The van der Waals surface area contributed by atoms with Crippen LogP contribution in [0.3, 0.4) is 0 Å². The minimum atomic E-state index is -5.87. The summed E-state index contributed by atoms with van der Waals surface area (Å²) in [6.45, 7) is 0. The summed E-state index contributed by atoms with van der Waals surface area (Å²) in [5, 5.41) is 9.11. The molecule has 0 heterocycles. The van der Waals surface area contributed by atoms with Gasteiger partial charge in [-0.2, -0.15) is 26.3 Å². The highest BCUT2D eigenvalue weighted by atomic mass is 79.9. The van der Waals surface area contributed by atoms with E-state index in [1.165, 1.54) is 0 Å². The normalized spacial score (nSPS) is 14.0. The maximum atomic E-state index is 12.6. The van der Waals surface area contributed by atoms with Gasteiger partial charge in [-0.3, -0.25) is 0 Å². The maximum Gasteiger partial charge on any atom is 0.430 e. The monoisotopic (exact) mass is 414 g/mol. The van der Waals surface area contributed by atoms with E-state index in [1.807, 2.05) is 0 Å². The molecule has 0 aliphatic rings.